The second-order valence-electron chi connectivity index (χ2n) is 4.93. The van der Waals surface area contributed by atoms with Gasteiger partial charge in [0.2, 0.25) is 0 Å². The van der Waals surface area contributed by atoms with Crippen LogP contribution in [-0.2, 0) is 6.42 Å². The molecule has 1 aromatic carbocycles. The molecule has 0 atom stereocenters. The Bertz CT molecular complexity index is 610. The summed E-state index contributed by atoms with van der Waals surface area (Å²) in [4.78, 5) is 7.99. The Kier molecular flexibility index (Phi) is 2.92. The SMILES string of the molecule is Cc1ccc2[nH]c3c(c2c1)CCCC3=NCCO. The lowest BCUT2D eigenvalue weighted by molar-refractivity contribution is 0.307. The maximum atomic E-state index is 8.90. The molecule has 2 aromatic rings. The number of rotatable bonds is 2. The van der Waals surface area contributed by atoms with E-state index in [9.17, 15) is 0 Å². The molecule has 1 heterocycles. The fourth-order valence-electron chi connectivity index (χ4n) is 2.77. The van der Waals surface area contributed by atoms with Gasteiger partial charge in [0.15, 0.2) is 0 Å². The number of fused-ring (bicyclic) bond motifs is 3. The average molecular weight is 242 g/mol. The molecule has 0 saturated carbocycles. The number of hydrogen-bond acceptors (Lipinski definition) is 2. The van der Waals surface area contributed by atoms with Gasteiger partial charge in [0.25, 0.3) is 0 Å². The summed E-state index contributed by atoms with van der Waals surface area (Å²) in [5.74, 6) is 0. The van der Waals surface area contributed by atoms with Gasteiger partial charge in [-0.25, -0.2) is 0 Å². The maximum absolute atomic E-state index is 8.90. The van der Waals surface area contributed by atoms with Gasteiger partial charge in [-0.3, -0.25) is 4.99 Å². The first kappa shape index (κ1) is 11.5. The van der Waals surface area contributed by atoms with E-state index in [4.69, 9.17) is 5.11 Å². The van der Waals surface area contributed by atoms with Crippen LogP contribution in [0.1, 0.15) is 29.7 Å². The highest BCUT2D eigenvalue weighted by Crippen LogP contribution is 2.30. The first-order chi connectivity index (χ1) is 8.79. The molecule has 0 amide bonds. The van der Waals surface area contributed by atoms with Crippen LogP contribution in [0.25, 0.3) is 10.9 Å². The number of benzene rings is 1. The van der Waals surface area contributed by atoms with E-state index in [-0.39, 0.29) is 6.61 Å². The van der Waals surface area contributed by atoms with E-state index in [1.807, 2.05) is 0 Å². The van der Waals surface area contributed by atoms with Crippen LogP contribution in [-0.4, -0.2) is 29.0 Å². The fourth-order valence-corrected chi connectivity index (χ4v) is 2.77. The van der Waals surface area contributed by atoms with Crippen molar-refractivity contribution in [2.75, 3.05) is 13.2 Å². The highest BCUT2D eigenvalue weighted by Gasteiger charge is 2.20. The summed E-state index contributed by atoms with van der Waals surface area (Å²) in [5, 5.41) is 10.2. The number of aliphatic hydroxyl groups is 1. The van der Waals surface area contributed by atoms with Gasteiger partial charge in [-0.1, -0.05) is 11.6 Å². The second-order valence-corrected chi connectivity index (χ2v) is 4.93. The van der Waals surface area contributed by atoms with Gasteiger partial charge >= 0.3 is 0 Å². The summed E-state index contributed by atoms with van der Waals surface area (Å²) in [7, 11) is 0. The van der Waals surface area contributed by atoms with E-state index in [2.05, 4.69) is 35.1 Å². The highest BCUT2D eigenvalue weighted by atomic mass is 16.3. The van der Waals surface area contributed by atoms with E-state index < -0.39 is 0 Å². The summed E-state index contributed by atoms with van der Waals surface area (Å²) >= 11 is 0. The summed E-state index contributed by atoms with van der Waals surface area (Å²) in [5.41, 5.74) is 6.21. The third-order valence-corrected chi connectivity index (χ3v) is 3.59. The predicted molar refractivity (Wildman–Crippen MR) is 74.5 cm³/mol. The predicted octanol–water partition coefficient (Wildman–Crippen LogP) is 2.59. The molecule has 1 aromatic heterocycles. The molecule has 0 fully saturated rings. The van der Waals surface area contributed by atoms with Crippen molar-refractivity contribution in [2.24, 2.45) is 4.99 Å². The van der Waals surface area contributed by atoms with Crippen LogP contribution in [0.3, 0.4) is 0 Å². The zero-order valence-corrected chi connectivity index (χ0v) is 10.7. The van der Waals surface area contributed by atoms with Crippen molar-refractivity contribution in [2.45, 2.75) is 26.2 Å². The van der Waals surface area contributed by atoms with Gasteiger partial charge in [-0.15, -0.1) is 0 Å². The fraction of sp³-hybridized carbons (Fsp3) is 0.400. The molecular weight excluding hydrogens is 224 g/mol. The number of H-pyrrole nitrogens is 1. The van der Waals surface area contributed by atoms with Crippen LogP contribution in [0.2, 0.25) is 0 Å². The molecule has 18 heavy (non-hydrogen) atoms. The third-order valence-electron chi connectivity index (χ3n) is 3.59. The second kappa shape index (κ2) is 4.58. The van der Waals surface area contributed by atoms with Crippen LogP contribution in [0.15, 0.2) is 23.2 Å². The number of aliphatic hydroxyl groups excluding tert-OH is 1. The lowest BCUT2D eigenvalue weighted by atomic mass is 9.93. The van der Waals surface area contributed by atoms with E-state index >= 15 is 0 Å². The standard InChI is InChI=1S/C15H18N2O/c1-10-5-6-13-12(9-10)11-3-2-4-14(15(11)17-13)16-7-8-18/h5-6,9,17-18H,2-4,7-8H2,1H3. The lowest BCUT2D eigenvalue weighted by Gasteiger charge is -2.14. The number of nitrogens with one attached hydrogen (secondary N) is 1. The quantitative estimate of drug-likeness (QED) is 0.835. The lowest BCUT2D eigenvalue weighted by Crippen LogP contribution is -2.12. The van der Waals surface area contributed by atoms with Crippen molar-refractivity contribution in [3.63, 3.8) is 0 Å². The molecule has 1 aliphatic rings. The van der Waals surface area contributed by atoms with Crippen molar-refractivity contribution in [1.29, 1.82) is 0 Å². The Hall–Kier alpha value is -1.61. The number of aliphatic imine (C=N–C) groups is 1. The molecule has 3 nitrogen and oxygen atoms in total. The highest BCUT2D eigenvalue weighted by molar-refractivity contribution is 6.06. The minimum absolute atomic E-state index is 0.123. The van der Waals surface area contributed by atoms with Gasteiger partial charge in [0.1, 0.15) is 0 Å². The van der Waals surface area contributed by atoms with Crippen LogP contribution < -0.4 is 0 Å². The monoisotopic (exact) mass is 242 g/mol. The van der Waals surface area contributed by atoms with Gasteiger partial charge in [0, 0.05) is 10.9 Å². The van der Waals surface area contributed by atoms with E-state index in [1.54, 1.807) is 0 Å². The van der Waals surface area contributed by atoms with Crippen molar-refractivity contribution in [1.82, 2.24) is 4.98 Å². The minimum atomic E-state index is 0.123. The van der Waals surface area contributed by atoms with Crippen LogP contribution >= 0.6 is 0 Å². The zero-order valence-electron chi connectivity index (χ0n) is 10.7. The van der Waals surface area contributed by atoms with Crippen LogP contribution in [0, 0.1) is 6.92 Å². The van der Waals surface area contributed by atoms with E-state index in [0.29, 0.717) is 6.54 Å². The summed E-state index contributed by atoms with van der Waals surface area (Å²) in [6.07, 6.45) is 3.29. The Morgan fingerprint density at radius 3 is 3.06 bits per heavy atom. The van der Waals surface area contributed by atoms with Crippen molar-refractivity contribution in [3.8, 4) is 0 Å². The molecule has 94 valence electrons. The molecule has 0 saturated heterocycles. The summed E-state index contributed by atoms with van der Waals surface area (Å²) in [6, 6.07) is 6.53. The molecule has 1 aliphatic carbocycles. The number of aryl methyl sites for hydroxylation is 2. The zero-order chi connectivity index (χ0) is 12.5. The average Bonchev–Trinajstić information content (AvgIpc) is 2.75. The number of hydrogen-bond donors (Lipinski definition) is 2. The minimum Gasteiger partial charge on any atom is -0.394 e. The first-order valence-corrected chi connectivity index (χ1v) is 6.55. The summed E-state index contributed by atoms with van der Waals surface area (Å²) < 4.78 is 0. The topological polar surface area (TPSA) is 48.4 Å². The largest absolute Gasteiger partial charge is 0.394 e. The van der Waals surface area contributed by atoms with Gasteiger partial charge in [0.05, 0.1) is 24.6 Å². The van der Waals surface area contributed by atoms with Gasteiger partial charge in [-0.2, -0.15) is 0 Å². The maximum Gasteiger partial charge on any atom is 0.0637 e. The number of aromatic amines is 1. The van der Waals surface area contributed by atoms with E-state index in [1.165, 1.54) is 27.7 Å². The third kappa shape index (κ3) is 1.85. The summed E-state index contributed by atoms with van der Waals surface area (Å²) in [6.45, 7) is 2.75. The molecule has 0 bridgehead atoms. The Balaban J connectivity index is 2.15. The van der Waals surface area contributed by atoms with Crippen molar-refractivity contribution >= 4 is 16.6 Å². The van der Waals surface area contributed by atoms with Gasteiger partial charge < -0.3 is 10.1 Å². The molecule has 0 unspecified atom stereocenters. The van der Waals surface area contributed by atoms with Gasteiger partial charge in [-0.05, 0) is 43.9 Å². The normalized spacial score (nSPS) is 17.3. The molecule has 0 spiro atoms. The van der Waals surface area contributed by atoms with Crippen molar-refractivity contribution in [3.05, 3.63) is 35.0 Å². The molecular formula is C15H18N2O. The molecule has 0 aliphatic heterocycles. The first-order valence-electron chi connectivity index (χ1n) is 6.55. The van der Waals surface area contributed by atoms with Crippen LogP contribution in [0.5, 0.6) is 0 Å². The molecule has 2 N–H and O–H groups in total. The number of aromatic nitrogens is 1. The van der Waals surface area contributed by atoms with Crippen molar-refractivity contribution < 1.29 is 5.11 Å². The molecule has 0 radical (unpaired) electrons. The molecule has 3 rings (SSSR count). The Morgan fingerprint density at radius 2 is 2.22 bits per heavy atom. The smallest absolute Gasteiger partial charge is 0.0637 e. The van der Waals surface area contributed by atoms with Crippen LogP contribution in [0.4, 0.5) is 0 Å². The Labute approximate surface area is 107 Å². The molecule has 3 heteroatoms. The van der Waals surface area contributed by atoms with E-state index in [0.717, 1.165) is 25.0 Å². The number of nitrogens with zero attached hydrogens (tertiary/aromatic N) is 1. The Morgan fingerprint density at radius 1 is 1.33 bits per heavy atom.